The van der Waals surface area contributed by atoms with Crippen LogP contribution < -0.4 is 5.32 Å². The van der Waals surface area contributed by atoms with Crippen LogP contribution in [-0.4, -0.2) is 59.2 Å². The summed E-state index contributed by atoms with van der Waals surface area (Å²) in [7, 11) is -4.69. The maximum absolute atomic E-state index is 13.8. The fourth-order valence-electron chi connectivity index (χ4n) is 6.08. The fraction of sp³-hybridized carbons (Fsp3) is 0.848. The van der Waals surface area contributed by atoms with Gasteiger partial charge in [0, 0.05) is 13.0 Å². The molecule has 244 valence electrons. The molecule has 0 spiro atoms. The third-order valence-corrected chi connectivity index (χ3v) is 20.3. The van der Waals surface area contributed by atoms with E-state index in [1.54, 1.807) is 12.2 Å². The number of ether oxygens (including phenoxy) is 1. The second-order valence-corrected chi connectivity index (χ2v) is 25.1. The Labute approximate surface area is 259 Å². The molecule has 1 aliphatic heterocycles. The first-order valence-electron chi connectivity index (χ1n) is 16.2. The standard InChI is InChI=1S/C33H63NO6Si2/c1-15-16-27(35)19-28-18-17-25(8)29(38-28)20-31(36)34-21-30(39-41(13,14)33(10,11)12)26(9)32(37)40-42(22(2)3,23(4)5)24(6)7/h15-16,22-26,28-30H,17-21H2,1-14H3,(H,34,36)/b16-15+/t25-,26+,28+,29-,30-/m0/s1. The van der Waals surface area contributed by atoms with E-state index in [9.17, 15) is 14.4 Å². The lowest BCUT2D eigenvalue weighted by Crippen LogP contribution is -2.54. The van der Waals surface area contributed by atoms with Crippen molar-refractivity contribution in [1.82, 2.24) is 5.32 Å². The Morgan fingerprint density at radius 1 is 0.952 bits per heavy atom. The Balaban J connectivity index is 3.09. The zero-order valence-corrected chi connectivity index (χ0v) is 31.3. The van der Waals surface area contributed by atoms with Crippen LogP contribution in [0.25, 0.3) is 0 Å². The molecule has 1 amide bonds. The monoisotopic (exact) mass is 625 g/mol. The lowest BCUT2D eigenvalue weighted by Gasteiger charge is -2.44. The highest BCUT2D eigenvalue weighted by atomic mass is 28.4. The first kappa shape index (κ1) is 38.7. The number of carbonyl (C=O) groups excluding carboxylic acids is 3. The van der Waals surface area contributed by atoms with Gasteiger partial charge >= 0.3 is 0 Å². The molecule has 1 N–H and O–H groups in total. The van der Waals surface area contributed by atoms with Crippen molar-refractivity contribution in [2.75, 3.05) is 6.54 Å². The van der Waals surface area contributed by atoms with Crippen LogP contribution in [0.5, 0.6) is 0 Å². The van der Waals surface area contributed by atoms with E-state index in [0.717, 1.165) is 12.8 Å². The lowest BCUT2D eigenvalue weighted by atomic mass is 9.90. The van der Waals surface area contributed by atoms with Crippen LogP contribution in [0, 0.1) is 11.8 Å². The van der Waals surface area contributed by atoms with Crippen molar-refractivity contribution in [3.63, 3.8) is 0 Å². The van der Waals surface area contributed by atoms with Crippen LogP contribution >= 0.6 is 0 Å². The molecule has 1 saturated heterocycles. The summed E-state index contributed by atoms with van der Waals surface area (Å²) in [5.74, 6) is -0.626. The molecule has 0 aromatic heterocycles. The maximum atomic E-state index is 13.8. The van der Waals surface area contributed by atoms with Crippen LogP contribution in [0.4, 0.5) is 0 Å². The van der Waals surface area contributed by atoms with Gasteiger partial charge in [-0.25, -0.2) is 0 Å². The van der Waals surface area contributed by atoms with Crippen LogP contribution in [0.15, 0.2) is 12.2 Å². The smallest absolute Gasteiger partial charge is 0.298 e. The molecule has 1 fully saturated rings. The summed E-state index contributed by atoms with van der Waals surface area (Å²) in [5.41, 5.74) is 0.841. The van der Waals surface area contributed by atoms with Crippen molar-refractivity contribution >= 4 is 34.3 Å². The average Bonchev–Trinajstić information content (AvgIpc) is 2.85. The molecule has 1 aliphatic rings. The van der Waals surface area contributed by atoms with Gasteiger partial charge in [0.05, 0.1) is 30.7 Å². The van der Waals surface area contributed by atoms with Gasteiger partial charge in [-0.15, -0.1) is 0 Å². The molecule has 9 heteroatoms. The summed E-state index contributed by atoms with van der Waals surface area (Å²) < 4.78 is 19.5. The molecule has 42 heavy (non-hydrogen) atoms. The van der Waals surface area contributed by atoms with E-state index in [1.807, 2.05) is 13.8 Å². The summed E-state index contributed by atoms with van der Waals surface area (Å²) in [6.45, 7) is 29.9. The first-order valence-corrected chi connectivity index (χ1v) is 21.2. The number of allylic oxidation sites excluding steroid dienone is 2. The largest absolute Gasteiger partial charge is 0.518 e. The number of nitrogens with one attached hydrogen (secondary N) is 1. The summed E-state index contributed by atoms with van der Waals surface area (Å²) >= 11 is 0. The highest BCUT2D eigenvalue weighted by Gasteiger charge is 2.50. The molecule has 5 atom stereocenters. The molecular weight excluding hydrogens is 563 g/mol. The molecule has 1 rings (SSSR count). The van der Waals surface area contributed by atoms with Crippen LogP contribution in [-0.2, 0) is 28.0 Å². The molecule has 0 aliphatic carbocycles. The topological polar surface area (TPSA) is 90.9 Å². The highest BCUT2D eigenvalue weighted by molar-refractivity contribution is 6.79. The molecule has 0 radical (unpaired) electrons. The zero-order valence-electron chi connectivity index (χ0n) is 29.3. The van der Waals surface area contributed by atoms with Gasteiger partial charge < -0.3 is 18.9 Å². The van der Waals surface area contributed by atoms with Gasteiger partial charge in [-0.2, -0.15) is 0 Å². The Morgan fingerprint density at radius 2 is 1.50 bits per heavy atom. The molecule has 0 aromatic rings. The van der Waals surface area contributed by atoms with E-state index < -0.39 is 28.7 Å². The van der Waals surface area contributed by atoms with E-state index in [-0.39, 0.29) is 70.4 Å². The van der Waals surface area contributed by atoms with Crippen molar-refractivity contribution in [1.29, 1.82) is 0 Å². The Morgan fingerprint density at radius 3 is 1.98 bits per heavy atom. The Kier molecular flexibility index (Phi) is 14.9. The normalized spacial score (nSPS) is 22.1. The van der Waals surface area contributed by atoms with Crippen molar-refractivity contribution in [3.8, 4) is 0 Å². The SMILES string of the molecule is C/C=C/C(=O)C[C@H]1CC[C@H](C)[C@H](CC(=O)NC[C@H](O[Si](C)(C)C(C)(C)C)[C@@H](C)C(=O)O[Si](C(C)C)(C(C)C)C(C)C)O1. The number of hydrogen-bond acceptors (Lipinski definition) is 6. The van der Waals surface area contributed by atoms with E-state index in [4.69, 9.17) is 13.6 Å². The van der Waals surface area contributed by atoms with Crippen LogP contribution in [0.1, 0.15) is 109 Å². The van der Waals surface area contributed by atoms with Gasteiger partial charge in [-0.3, -0.25) is 14.4 Å². The van der Waals surface area contributed by atoms with E-state index >= 15 is 0 Å². The van der Waals surface area contributed by atoms with Crippen molar-refractivity contribution in [2.24, 2.45) is 11.8 Å². The van der Waals surface area contributed by atoms with E-state index in [2.05, 4.69) is 87.6 Å². The zero-order chi connectivity index (χ0) is 32.6. The van der Waals surface area contributed by atoms with Crippen LogP contribution in [0.3, 0.4) is 0 Å². The highest BCUT2D eigenvalue weighted by Crippen LogP contribution is 2.43. The lowest BCUT2D eigenvalue weighted by molar-refractivity contribution is -0.144. The van der Waals surface area contributed by atoms with E-state index in [0.29, 0.717) is 6.42 Å². The summed E-state index contributed by atoms with van der Waals surface area (Å²) in [6.07, 6.45) is 4.69. The predicted octanol–water partition coefficient (Wildman–Crippen LogP) is 7.96. The molecular formula is C33H63NO6Si2. The van der Waals surface area contributed by atoms with Gasteiger partial charge in [-0.05, 0) is 73.4 Å². The summed E-state index contributed by atoms with van der Waals surface area (Å²) in [4.78, 5) is 39.1. The fourth-order valence-corrected chi connectivity index (χ4v) is 12.7. The number of ketones is 1. The number of amides is 1. The molecule has 7 nitrogen and oxygen atoms in total. The predicted molar refractivity (Wildman–Crippen MR) is 177 cm³/mol. The van der Waals surface area contributed by atoms with Crippen molar-refractivity contribution < 1.29 is 28.0 Å². The molecule has 0 bridgehead atoms. The molecule has 1 heterocycles. The number of rotatable bonds is 15. The third kappa shape index (κ3) is 10.4. The minimum atomic E-state index is -2.43. The van der Waals surface area contributed by atoms with Gasteiger partial charge in [0.1, 0.15) is 0 Å². The molecule has 0 aromatic carbocycles. The minimum absolute atomic E-state index is 0.0474. The first-order chi connectivity index (χ1) is 19.2. The third-order valence-electron chi connectivity index (χ3n) is 9.78. The van der Waals surface area contributed by atoms with Gasteiger partial charge in [-0.1, -0.05) is 75.3 Å². The maximum Gasteiger partial charge on any atom is 0.298 e. The van der Waals surface area contributed by atoms with Gasteiger partial charge in [0.25, 0.3) is 14.3 Å². The Hall–Kier alpha value is -1.30. The van der Waals surface area contributed by atoms with Gasteiger partial charge in [0.15, 0.2) is 14.1 Å². The van der Waals surface area contributed by atoms with Gasteiger partial charge in [0.2, 0.25) is 5.91 Å². The second-order valence-electron chi connectivity index (χ2n) is 15.0. The summed E-state index contributed by atoms with van der Waals surface area (Å²) in [5, 5.41) is 3.01. The summed E-state index contributed by atoms with van der Waals surface area (Å²) in [6, 6.07) is 0. The van der Waals surface area contributed by atoms with Crippen LogP contribution in [0.2, 0.25) is 34.8 Å². The average molecular weight is 626 g/mol. The molecule has 0 saturated carbocycles. The Bertz CT molecular complexity index is 902. The van der Waals surface area contributed by atoms with Crippen molar-refractivity contribution in [2.45, 2.75) is 162 Å². The van der Waals surface area contributed by atoms with E-state index in [1.165, 1.54) is 0 Å². The number of hydrogen-bond donors (Lipinski definition) is 1. The molecule has 0 unspecified atom stereocenters. The minimum Gasteiger partial charge on any atom is -0.518 e. The van der Waals surface area contributed by atoms with Crippen molar-refractivity contribution in [3.05, 3.63) is 12.2 Å². The second kappa shape index (κ2) is 16.1. The number of carbonyl (C=O) groups is 3. The quantitative estimate of drug-likeness (QED) is 0.147.